The molecule has 0 unspecified atom stereocenters. The first kappa shape index (κ1) is 32.9. The Bertz CT molecular complexity index is 1180. The molecular weight excluding hydrogens is 724 g/mol. The Balaban J connectivity index is 0.000000210. The van der Waals surface area contributed by atoms with Crippen LogP contribution < -0.4 is 51.0 Å². The second kappa shape index (κ2) is 18.0. The maximum atomic E-state index is 2.29. The summed E-state index contributed by atoms with van der Waals surface area (Å²) < 4.78 is 9.18. The molecule has 0 aliphatic rings. The molecule has 0 fully saturated rings. The van der Waals surface area contributed by atoms with Crippen LogP contribution in [0.1, 0.15) is 0 Å². The van der Waals surface area contributed by atoms with Crippen molar-refractivity contribution in [3.8, 4) is 0 Å². The summed E-state index contributed by atoms with van der Waals surface area (Å²) in [5.74, 6) is 0. The van der Waals surface area contributed by atoms with Gasteiger partial charge in [0, 0.05) is 0 Å². The van der Waals surface area contributed by atoms with E-state index in [1.165, 1.54) is 21.5 Å². The summed E-state index contributed by atoms with van der Waals surface area (Å²) in [4.78, 5) is 0. The van der Waals surface area contributed by atoms with Gasteiger partial charge in [-0.3, -0.25) is 0 Å². The van der Waals surface area contributed by atoms with Crippen molar-refractivity contribution in [2.45, 2.75) is 0 Å². The summed E-state index contributed by atoms with van der Waals surface area (Å²) in [6, 6.07) is 65.9. The first-order valence-electron chi connectivity index (χ1n) is 13.0. The molecule has 0 nitrogen and oxygen atoms in total. The fourth-order valence-corrected chi connectivity index (χ4v) is 19.3. The van der Waals surface area contributed by atoms with Gasteiger partial charge in [-0.15, -0.1) is 0 Å². The van der Waals surface area contributed by atoms with Crippen molar-refractivity contribution in [1.29, 1.82) is 0 Å². The van der Waals surface area contributed by atoms with E-state index in [-0.39, 0.29) is 39.5 Å². The molecule has 6 rings (SSSR count). The van der Waals surface area contributed by atoms with Crippen molar-refractivity contribution in [2.75, 3.05) is 0 Å². The molecule has 0 N–H and O–H groups in total. The minimum absolute atomic E-state index is 0. The molecular formula is C36H32NaPSn2. The van der Waals surface area contributed by atoms with E-state index in [2.05, 4.69) is 182 Å². The van der Waals surface area contributed by atoms with E-state index in [1.54, 1.807) is 0 Å². The summed E-state index contributed by atoms with van der Waals surface area (Å²) in [7, 11) is 0. The Morgan fingerprint density at radius 1 is 0.225 bits per heavy atom. The first-order valence-corrected chi connectivity index (χ1v) is 21.5. The van der Waals surface area contributed by atoms with Gasteiger partial charge in [-0.05, 0) is 0 Å². The van der Waals surface area contributed by atoms with Gasteiger partial charge in [0.25, 0.3) is 0 Å². The van der Waals surface area contributed by atoms with Gasteiger partial charge in [-0.25, -0.2) is 0 Å². The molecule has 4 heteroatoms. The van der Waals surface area contributed by atoms with Crippen LogP contribution in [0.2, 0.25) is 0 Å². The summed E-state index contributed by atoms with van der Waals surface area (Å²) in [5, 5.41) is 0. The van der Waals surface area contributed by atoms with Crippen LogP contribution >= 0.6 is 9.90 Å². The molecule has 0 amide bonds. The van der Waals surface area contributed by atoms with Crippen LogP contribution in [0.3, 0.4) is 0 Å². The van der Waals surface area contributed by atoms with E-state index in [0.29, 0.717) is 0 Å². The monoisotopic (exact) mass is 758 g/mol. The van der Waals surface area contributed by atoms with Gasteiger partial charge in [0.2, 0.25) is 0 Å². The summed E-state index contributed by atoms with van der Waals surface area (Å²) >= 11 is -3.96. The second-order valence-corrected chi connectivity index (χ2v) is 23.1. The molecule has 0 aromatic heterocycles. The summed E-state index contributed by atoms with van der Waals surface area (Å²) in [6.07, 6.45) is 0. The minimum atomic E-state index is -1.98. The van der Waals surface area contributed by atoms with Crippen LogP contribution in [-0.4, -0.2) is 39.5 Å². The zero-order chi connectivity index (χ0) is 25.8. The van der Waals surface area contributed by atoms with E-state index in [9.17, 15) is 0 Å². The van der Waals surface area contributed by atoms with Crippen LogP contribution in [0.15, 0.2) is 182 Å². The summed E-state index contributed by atoms with van der Waals surface area (Å²) in [6.45, 7) is 0. The number of rotatable bonds is 6. The van der Waals surface area contributed by atoms with Crippen molar-refractivity contribution in [1.82, 2.24) is 0 Å². The Kier molecular flexibility index (Phi) is 14.8. The molecule has 0 aliphatic heterocycles. The van der Waals surface area contributed by atoms with Crippen LogP contribution in [0.5, 0.6) is 0 Å². The van der Waals surface area contributed by atoms with E-state index in [0.717, 1.165) is 0 Å². The molecule has 0 saturated carbocycles. The van der Waals surface area contributed by atoms with Crippen molar-refractivity contribution < 1.29 is 29.6 Å². The van der Waals surface area contributed by atoms with Gasteiger partial charge >= 0.3 is 273 Å². The molecule has 0 saturated heterocycles. The quantitative estimate of drug-likeness (QED) is 0.180. The number of hydrogen-bond donors (Lipinski definition) is 0. The predicted octanol–water partition coefficient (Wildman–Crippen LogP) is 1.74. The molecule has 40 heavy (non-hydrogen) atoms. The standard InChI is InChI=1S/6C6H5.Na.H2P.2Sn/c6*1-2-4-6-5-3-1;;;;/h6*1-5H;;1H2;;/q;;;;;;+1;-1;;. The fraction of sp³-hybridized carbons (Fsp3) is 0. The van der Waals surface area contributed by atoms with Gasteiger partial charge in [-0.1, -0.05) is 0 Å². The van der Waals surface area contributed by atoms with Crippen LogP contribution in [-0.2, 0) is 0 Å². The van der Waals surface area contributed by atoms with Crippen molar-refractivity contribution in [3.63, 3.8) is 0 Å². The predicted molar refractivity (Wildman–Crippen MR) is 178 cm³/mol. The second-order valence-electron chi connectivity index (χ2n) is 8.95. The zero-order valence-corrected chi connectivity index (χ0v) is 31.8. The van der Waals surface area contributed by atoms with Gasteiger partial charge in [0.05, 0.1) is 0 Å². The Labute approximate surface area is 279 Å². The van der Waals surface area contributed by atoms with E-state index in [1.807, 2.05) is 0 Å². The SMILES string of the molecule is [Na+].[PH2-].c1cc[c]([Sn]([c]2ccccc2)[c]2ccccc2)cc1.c1cc[c]([Sn]([c]2ccccc2)[c]2ccccc2)cc1. The number of benzene rings is 6. The maximum absolute atomic E-state index is 2.29. The van der Waals surface area contributed by atoms with Gasteiger partial charge in [0.15, 0.2) is 0 Å². The average Bonchev–Trinajstić information content (AvgIpc) is 3.01. The van der Waals surface area contributed by atoms with E-state index < -0.39 is 39.5 Å². The van der Waals surface area contributed by atoms with Crippen LogP contribution in [0, 0.1) is 0 Å². The fourth-order valence-electron chi connectivity index (χ4n) is 4.63. The molecule has 0 bridgehead atoms. The molecule has 0 atom stereocenters. The molecule has 0 spiro atoms. The van der Waals surface area contributed by atoms with Gasteiger partial charge in [0.1, 0.15) is 0 Å². The third-order valence-electron chi connectivity index (χ3n) is 6.37. The Morgan fingerprint density at radius 2 is 0.350 bits per heavy atom. The van der Waals surface area contributed by atoms with Gasteiger partial charge < -0.3 is 9.90 Å². The zero-order valence-electron chi connectivity index (χ0n) is 22.9. The normalized spacial score (nSPS) is 10.1. The first-order chi connectivity index (χ1) is 18.9. The summed E-state index contributed by atoms with van der Waals surface area (Å²) in [5.41, 5.74) is 0. The van der Waals surface area contributed by atoms with Gasteiger partial charge in [-0.2, -0.15) is 0 Å². The molecule has 0 aliphatic carbocycles. The third-order valence-corrected chi connectivity index (χ3v) is 22.0. The van der Waals surface area contributed by atoms with Crippen LogP contribution in [0.25, 0.3) is 0 Å². The Morgan fingerprint density at radius 3 is 0.475 bits per heavy atom. The number of hydrogen-bond acceptors (Lipinski definition) is 0. The van der Waals surface area contributed by atoms with Crippen molar-refractivity contribution >= 4 is 70.9 Å². The molecule has 6 aromatic carbocycles. The van der Waals surface area contributed by atoms with Crippen molar-refractivity contribution in [2.24, 2.45) is 0 Å². The van der Waals surface area contributed by atoms with E-state index in [4.69, 9.17) is 0 Å². The van der Waals surface area contributed by atoms with Crippen LogP contribution in [0.4, 0.5) is 0 Å². The topological polar surface area (TPSA) is 0 Å². The van der Waals surface area contributed by atoms with Crippen molar-refractivity contribution in [3.05, 3.63) is 182 Å². The Hall–Kier alpha value is -1.65. The molecule has 2 radical (unpaired) electrons. The third kappa shape index (κ3) is 9.18. The average molecular weight is 756 g/mol. The molecule has 6 aromatic rings. The molecule has 0 heterocycles. The molecule has 190 valence electrons. The van der Waals surface area contributed by atoms with E-state index >= 15 is 0 Å².